The van der Waals surface area contributed by atoms with E-state index in [-0.39, 0.29) is 23.8 Å². The highest BCUT2D eigenvalue weighted by Gasteiger charge is 2.38. The summed E-state index contributed by atoms with van der Waals surface area (Å²) in [6, 6.07) is 22.0. The Hall–Kier alpha value is -3.31. The first-order valence-electron chi connectivity index (χ1n) is 11.1. The fraction of sp³-hybridized carbons (Fsp3) is 0.259. The van der Waals surface area contributed by atoms with E-state index in [1.807, 2.05) is 50.2 Å². The summed E-state index contributed by atoms with van der Waals surface area (Å²) in [5.74, 6) is 0.265. The van der Waals surface area contributed by atoms with Crippen molar-refractivity contribution in [2.24, 2.45) is 0 Å². The van der Waals surface area contributed by atoms with Crippen molar-refractivity contribution in [1.29, 1.82) is 0 Å². The lowest BCUT2D eigenvalue weighted by atomic mass is 9.84. The number of carbonyl (C=O) groups is 2. The molecule has 33 heavy (non-hydrogen) atoms. The highest BCUT2D eigenvalue weighted by molar-refractivity contribution is 6.31. The van der Waals surface area contributed by atoms with E-state index in [2.05, 4.69) is 0 Å². The Labute approximate surface area is 199 Å². The third kappa shape index (κ3) is 4.46. The molecule has 0 N–H and O–H groups in total. The van der Waals surface area contributed by atoms with Gasteiger partial charge in [0.15, 0.2) is 0 Å². The molecule has 3 aromatic rings. The second-order valence-corrected chi connectivity index (χ2v) is 8.60. The molecule has 0 fully saturated rings. The predicted molar refractivity (Wildman–Crippen MR) is 133 cm³/mol. The average Bonchev–Trinajstić information content (AvgIpc) is 2.83. The summed E-state index contributed by atoms with van der Waals surface area (Å²) in [6.07, 6.45) is 0.537. The third-order valence-electron chi connectivity index (χ3n) is 6.15. The van der Waals surface area contributed by atoms with Gasteiger partial charge in [-0.05, 0) is 74.4 Å². The molecule has 1 aliphatic rings. The van der Waals surface area contributed by atoms with Gasteiger partial charge >= 0.3 is 0 Å². The van der Waals surface area contributed by atoms with Gasteiger partial charge < -0.3 is 14.5 Å². The van der Waals surface area contributed by atoms with Crippen LogP contribution in [-0.2, 0) is 4.79 Å². The fourth-order valence-electron chi connectivity index (χ4n) is 4.53. The summed E-state index contributed by atoms with van der Waals surface area (Å²) in [5.41, 5.74) is 2.99. The van der Waals surface area contributed by atoms with Gasteiger partial charge in [0.2, 0.25) is 5.91 Å². The van der Waals surface area contributed by atoms with E-state index in [1.54, 1.807) is 53.3 Å². The van der Waals surface area contributed by atoms with E-state index in [0.29, 0.717) is 29.3 Å². The van der Waals surface area contributed by atoms with Gasteiger partial charge in [0.25, 0.3) is 5.91 Å². The molecule has 1 aliphatic heterocycles. The maximum absolute atomic E-state index is 13.7. The van der Waals surface area contributed by atoms with Crippen LogP contribution < -0.4 is 14.5 Å². The monoisotopic (exact) mass is 462 g/mol. The van der Waals surface area contributed by atoms with E-state index in [4.69, 9.17) is 16.3 Å². The minimum Gasteiger partial charge on any atom is -0.497 e. The highest BCUT2D eigenvalue weighted by atomic mass is 35.5. The Morgan fingerprint density at radius 1 is 1.06 bits per heavy atom. The van der Waals surface area contributed by atoms with Crippen LogP contribution in [0.25, 0.3) is 0 Å². The van der Waals surface area contributed by atoms with Crippen molar-refractivity contribution in [3.05, 3.63) is 88.9 Å². The topological polar surface area (TPSA) is 49.9 Å². The number of hydrogen-bond acceptors (Lipinski definition) is 3. The number of para-hydroxylation sites is 1. The zero-order valence-corrected chi connectivity index (χ0v) is 19.8. The Balaban J connectivity index is 1.69. The summed E-state index contributed by atoms with van der Waals surface area (Å²) < 4.78 is 5.21. The van der Waals surface area contributed by atoms with Crippen LogP contribution in [0.2, 0.25) is 5.02 Å². The maximum atomic E-state index is 13.7. The highest BCUT2D eigenvalue weighted by Crippen LogP contribution is 2.41. The summed E-state index contributed by atoms with van der Waals surface area (Å²) in [5, 5.41) is 0.590. The third-order valence-corrected chi connectivity index (χ3v) is 6.38. The number of amides is 2. The number of rotatable bonds is 5. The van der Waals surface area contributed by atoms with Gasteiger partial charge in [-0.2, -0.15) is 0 Å². The van der Waals surface area contributed by atoms with Crippen LogP contribution in [0.1, 0.15) is 42.1 Å². The average molecular weight is 463 g/mol. The van der Waals surface area contributed by atoms with Crippen molar-refractivity contribution in [2.75, 3.05) is 23.5 Å². The normalized spacial score (nSPS) is 17.3. The molecule has 4 rings (SSSR count). The van der Waals surface area contributed by atoms with E-state index in [9.17, 15) is 9.59 Å². The molecule has 2 unspecified atom stereocenters. The second kappa shape index (κ2) is 9.67. The molecule has 0 spiro atoms. The molecule has 5 nitrogen and oxygen atoms in total. The lowest BCUT2D eigenvalue weighted by Gasteiger charge is -2.40. The minimum absolute atomic E-state index is 0.00983. The van der Waals surface area contributed by atoms with Gasteiger partial charge in [-0.25, -0.2) is 0 Å². The SMILES string of the molecule is CCN(C(=O)C1CC(C)N(C(=O)c2ccc(OC)cc2)c2ccccc21)c1cccc(Cl)c1. The van der Waals surface area contributed by atoms with Gasteiger partial charge in [0.05, 0.1) is 13.0 Å². The van der Waals surface area contributed by atoms with Gasteiger partial charge in [0, 0.05) is 34.5 Å². The number of nitrogens with zero attached hydrogens (tertiary/aromatic N) is 2. The molecule has 0 radical (unpaired) electrons. The molecule has 0 bridgehead atoms. The van der Waals surface area contributed by atoms with Crippen LogP contribution in [0.3, 0.4) is 0 Å². The Bertz CT molecular complexity index is 1160. The van der Waals surface area contributed by atoms with Gasteiger partial charge in [-0.15, -0.1) is 0 Å². The Kier molecular flexibility index (Phi) is 6.70. The summed E-state index contributed by atoms with van der Waals surface area (Å²) in [4.78, 5) is 30.8. The molecule has 2 atom stereocenters. The van der Waals surface area contributed by atoms with Crippen molar-refractivity contribution in [3.63, 3.8) is 0 Å². The van der Waals surface area contributed by atoms with Gasteiger partial charge in [0.1, 0.15) is 5.75 Å². The molecular weight excluding hydrogens is 436 g/mol. The van der Waals surface area contributed by atoms with Crippen molar-refractivity contribution in [1.82, 2.24) is 0 Å². The van der Waals surface area contributed by atoms with Crippen LogP contribution in [0, 0.1) is 0 Å². The minimum atomic E-state index is -0.352. The standard InChI is InChI=1S/C27H27ClN2O3/c1-4-29(21-9-7-8-20(28)17-21)27(32)24-16-18(2)30(25-11-6-5-10-23(24)25)26(31)19-12-14-22(33-3)15-13-19/h5-15,17-18,24H,4,16H2,1-3H3. The first kappa shape index (κ1) is 22.9. The molecule has 170 valence electrons. The van der Waals surface area contributed by atoms with Crippen LogP contribution >= 0.6 is 11.6 Å². The first-order chi connectivity index (χ1) is 15.9. The Morgan fingerprint density at radius 2 is 1.79 bits per heavy atom. The van der Waals surface area contributed by atoms with Crippen molar-refractivity contribution >= 4 is 34.8 Å². The van der Waals surface area contributed by atoms with E-state index >= 15 is 0 Å². The molecule has 0 saturated heterocycles. The van der Waals surface area contributed by atoms with Crippen molar-refractivity contribution in [2.45, 2.75) is 32.2 Å². The van der Waals surface area contributed by atoms with E-state index in [1.165, 1.54) is 0 Å². The number of benzene rings is 3. The summed E-state index contributed by atoms with van der Waals surface area (Å²) in [6.45, 7) is 4.48. The fourth-order valence-corrected chi connectivity index (χ4v) is 4.71. The lowest BCUT2D eigenvalue weighted by Crippen LogP contribution is -2.46. The number of likely N-dealkylation sites (N-methyl/N-ethyl adjacent to an activating group) is 1. The molecule has 3 aromatic carbocycles. The second-order valence-electron chi connectivity index (χ2n) is 8.16. The first-order valence-corrected chi connectivity index (χ1v) is 11.5. The largest absolute Gasteiger partial charge is 0.497 e. The van der Waals surface area contributed by atoms with Crippen LogP contribution in [0.15, 0.2) is 72.8 Å². The van der Waals surface area contributed by atoms with E-state index in [0.717, 1.165) is 16.9 Å². The number of carbonyl (C=O) groups excluding carboxylic acids is 2. The molecule has 1 heterocycles. The number of halogens is 1. The maximum Gasteiger partial charge on any atom is 0.258 e. The molecule has 0 aromatic heterocycles. The number of anilines is 2. The molecule has 0 saturated carbocycles. The zero-order valence-electron chi connectivity index (χ0n) is 19.0. The number of fused-ring (bicyclic) bond motifs is 1. The lowest BCUT2D eigenvalue weighted by molar-refractivity contribution is -0.120. The van der Waals surface area contributed by atoms with Crippen molar-refractivity contribution in [3.8, 4) is 5.75 Å². The van der Waals surface area contributed by atoms with Crippen LogP contribution in [0.4, 0.5) is 11.4 Å². The van der Waals surface area contributed by atoms with Gasteiger partial charge in [-0.3, -0.25) is 9.59 Å². The molecule has 2 amide bonds. The van der Waals surface area contributed by atoms with Crippen molar-refractivity contribution < 1.29 is 14.3 Å². The molecular formula is C27H27ClN2O3. The number of methoxy groups -OCH3 is 1. The number of ether oxygens (including phenoxy) is 1. The van der Waals surface area contributed by atoms with Crippen LogP contribution in [0.5, 0.6) is 5.75 Å². The summed E-state index contributed by atoms with van der Waals surface area (Å²) in [7, 11) is 1.60. The quantitative estimate of drug-likeness (QED) is 0.472. The predicted octanol–water partition coefficient (Wildman–Crippen LogP) is 5.92. The van der Waals surface area contributed by atoms with Crippen LogP contribution in [-0.4, -0.2) is 31.5 Å². The zero-order chi connectivity index (χ0) is 23.5. The summed E-state index contributed by atoms with van der Waals surface area (Å²) >= 11 is 6.18. The Morgan fingerprint density at radius 3 is 2.45 bits per heavy atom. The van der Waals surface area contributed by atoms with E-state index < -0.39 is 0 Å². The number of hydrogen-bond donors (Lipinski definition) is 0. The molecule has 6 heteroatoms. The van der Waals surface area contributed by atoms with Gasteiger partial charge in [-0.1, -0.05) is 35.9 Å². The smallest absolute Gasteiger partial charge is 0.258 e. The molecule has 0 aliphatic carbocycles.